The first-order valence-electron chi connectivity index (χ1n) is 9.78. The number of ether oxygens (including phenoxy) is 2. The maximum Gasteiger partial charge on any atom is 0.344 e. The number of hydrogen-bond acceptors (Lipinski definition) is 5. The van der Waals surface area contributed by atoms with Gasteiger partial charge in [-0.1, -0.05) is 48.5 Å². The highest BCUT2D eigenvalue weighted by molar-refractivity contribution is 6.07. The third kappa shape index (κ3) is 4.91. The highest BCUT2D eigenvalue weighted by Gasteiger charge is 2.21. The molecule has 0 aliphatic heterocycles. The predicted molar refractivity (Wildman–Crippen MR) is 112 cm³/mol. The molecule has 3 rings (SSSR count). The molecule has 0 unspecified atom stereocenters. The lowest BCUT2D eigenvalue weighted by molar-refractivity contribution is -0.138. The molecular formula is C23H25NO5. The van der Waals surface area contributed by atoms with Gasteiger partial charge in [0.2, 0.25) is 5.76 Å². The minimum atomic E-state index is -0.535. The molecule has 6 heteroatoms. The molecule has 1 N–H and O–H groups in total. The summed E-state index contributed by atoms with van der Waals surface area (Å²) in [5, 5.41) is 3.94. The molecule has 3 aromatic rings. The van der Waals surface area contributed by atoms with Crippen LogP contribution in [0.4, 0.5) is 0 Å². The average molecular weight is 395 g/mol. The van der Waals surface area contributed by atoms with Gasteiger partial charge in [0.15, 0.2) is 6.29 Å². The van der Waals surface area contributed by atoms with E-state index in [1.54, 1.807) is 12.1 Å². The Bertz CT molecular complexity index is 1010. The molecule has 0 spiro atoms. The Hall–Kier alpha value is -2.96. The van der Waals surface area contributed by atoms with E-state index in [4.69, 9.17) is 13.9 Å². The topological polar surface area (TPSA) is 77.8 Å². The standard InChI is InChI=1S/C23H25NO5/c1-3-27-19(28-4-2)14-15-24-22(25)21-20(16-10-6-5-7-11-16)17-12-8-9-13-18(17)23(26)29-21/h5-13,19H,3-4,14-15H2,1-2H3,(H,24,25). The number of nitrogens with one attached hydrogen (secondary N) is 1. The minimum Gasteiger partial charge on any atom is -0.416 e. The number of benzene rings is 2. The van der Waals surface area contributed by atoms with Gasteiger partial charge >= 0.3 is 5.63 Å². The Labute approximate surface area is 169 Å². The van der Waals surface area contributed by atoms with Crippen LogP contribution >= 0.6 is 0 Å². The van der Waals surface area contributed by atoms with Crippen LogP contribution in [0.15, 0.2) is 63.8 Å². The van der Waals surface area contributed by atoms with E-state index in [-0.39, 0.29) is 12.1 Å². The minimum absolute atomic E-state index is 0.00395. The maximum atomic E-state index is 12.9. The van der Waals surface area contributed by atoms with E-state index in [0.717, 1.165) is 5.56 Å². The number of fused-ring (bicyclic) bond motifs is 1. The largest absolute Gasteiger partial charge is 0.416 e. The Morgan fingerprint density at radius 1 is 0.966 bits per heavy atom. The van der Waals surface area contributed by atoms with Gasteiger partial charge in [0.1, 0.15) is 0 Å². The van der Waals surface area contributed by atoms with Crippen LogP contribution in [0, 0.1) is 0 Å². The fourth-order valence-electron chi connectivity index (χ4n) is 3.22. The number of carbonyl (C=O) groups is 1. The van der Waals surface area contributed by atoms with Crippen LogP contribution < -0.4 is 10.9 Å². The van der Waals surface area contributed by atoms with Crippen LogP contribution in [-0.4, -0.2) is 32.0 Å². The molecule has 0 saturated heterocycles. The molecule has 0 atom stereocenters. The zero-order chi connectivity index (χ0) is 20.6. The molecular weight excluding hydrogens is 370 g/mol. The Kier molecular flexibility index (Phi) is 7.16. The predicted octanol–water partition coefficient (Wildman–Crippen LogP) is 3.98. The van der Waals surface area contributed by atoms with E-state index in [0.29, 0.717) is 42.5 Å². The normalized spacial score (nSPS) is 11.1. The SMILES string of the molecule is CCOC(CCNC(=O)c1oc(=O)c2ccccc2c1-c1ccccc1)OCC. The fourth-order valence-corrected chi connectivity index (χ4v) is 3.22. The smallest absolute Gasteiger partial charge is 0.344 e. The lowest BCUT2D eigenvalue weighted by Crippen LogP contribution is -2.30. The Morgan fingerprint density at radius 3 is 2.24 bits per heavy atom. The average Bonchev–Trinajstić information content (AvgIpc) is 2.74. The van der Waals surface area contributed by atoms with Gasteiger partial charge in [-0.15, -0.1) is 0 Å². The zero-order valence-electron chi connectivity index (χ0n) is 16.6. The summed E-state index contributed by atoms with van der Waals surface area (Å²) in [6, 6.07) is 16.6. The van der Waals surface area contributed by atoms with Crippen LogP contribution in [0.5, 0.6) is 0 Å². The summed E-state index contributed by atoms with van der Waals surface area (Å²) in [5.74, 6) is -0.442. The Balaban J connectivity index is 1.92. The molecule has 152 valence electrons. The molecule has 0 radical (unpaired) electrons. The number of carbonyl (C=O) groups excluding carboxylic acids is 1. The summed E-state index contributed by atoms with van der Waals surface area (Å²) in [6.07, 6.45) is 0.105. The van der Waals surface area contributed by atoms with E-state index in [9.17, 15) is 9.59 Å². The maximum absolute atomic E-state index is 12.9. The molecule has 0 saturated carbocycles. The second-order valence-electron chi connectivity index (χ2n) is 6.39. The molecule has 1 amide bonds. The number of hydrogen-bond donors (Lipinski definition) is 1. The summed E-state index contributed by atoms with van der Waals surface area (Å²) in [6.45, 7) is 5.15. The van der Waals surface area contributed by atoms with Crippen LogP contribution in [0.2, 0.25) is 0 Å². The molecule has 6 nitrogen and oxygen atoms in total. The van der Waals surface area contributed by atoms with Crippen molar-refractivity contribution in [3.05, 3.63) is 70.8 Å². The van der Waals surface area contributed by atoms with Gasteiger partial charge in [-0.05, 0) is 25.5 Å². The van der Waals surface area contributed by atoms with Gasteiger partial charge in [-0.25, -0.2) is 4.79 Å². The summed E-state index contributed by atoms with van der Waals surface area (Å²) >= 11 is 0. The van der Waals surface area contributed by atoms with E-state index < -0.39 is 11.5 Å². The second-order valence-corrected chi connectivity index (χ2v) is 6.39. The summed E-state index contributed by atoms with van der Waals surface area (Å²) < 4.78 is 16.4. The highest BCUT2D eigenvalue weighted by Crippen LogP contribution is 2.30. The molecule has 0 aliphatic rings. The van der Waals surface area contributed by atoms with Gasteiger partial charge in [-0.2, -0.15) is 0 Å². The van der Waals surface area contributed by atoms with Crippen molar-refractivity contribution in [2.24, 2.45) is 0 Å². The molecule has 2 aromatic carbocycles. The van der Waals surface area contributed by atoms with Crippen molar-refractivity contribution in [1.29, 1.82) is 0 Å². The quantitative estimate of drug-likeness (QED) is 0.555. The van der Waals surface area contributed by atoms with Gasteiger partial charge in [-0.3, -0.25) is 4.79 Å². The van der Waals surface area contributed by atoms with E-state index in [2.05, 4.69) is 5.32 Å². The summed E-state index contributed by atoms with van der Waals surface area (Å²) in [7, 11) is 0. The van der Waals surface area contributed by atoms with Crippen molar-refractivity contribution in [3.63, 3.8) is 0 Å². The molecule has 0 bridgehead atoms. The first kappa shape index (κ1) is 20.8. The summed E-state index contributed by atoms with van der Waals surface area (Å²) in [5.41, 5.74) is 0.871. The first-order valence-corrected chi connectivity index (χ1v) is 9.78. The molecule has 29 heavy (non-hydrogen) atoms. The van der Waals surface area contributed by atoms with Crippen molar-refractivity contribution >= 4 is 16.7 Å². The third-order valence-corrected chi connectivity index (χ3v) is 4.48. The zero-order valence-corrected chi connectivity index (χ0v) is 16.6. The van der Waals surface area contributed by atoms with Gasteiger partial charge < -0.3 is 19.2 Å². The van der Waals surface area contributed by atoms with Gasteiger partial charge in [0, 0.05) is 37.1 Å². The van der Waals surface area contributed by atoms with Crippen molar-refractivity contribution in [3.8, 4) is 11.1 Å². The molecule has 0 aliphatic carbocycles. The third-order valence-electron chi connectivity index (χ3n) is 4.48. The van der Waals surface area contributed by atoms with Gasteiger partial charge in [0.25, 0.3) is 5.91 Å². The molecule has 1 aromatic heterocycles. The van der Waals surface area contributed by atoms with Crippen LogP contribution in [0.25, 0.3) is 21.9 Å². The molecule has 1 heterocycles. The van der Waals surface area contributed by atoms with Gasteiger partial charge in [0.05, 0.1) is 5.39 Å². The van der Waals surface area contributed by atoms with Crippen molar-refractivity contribution < 1.29 is 18.7 Å². The van der Waals surface area contributed by atoms with Crippen LogP contribution in [0.1, 0.15) is 30.8 Å². The van der Waals surface area contributed by atoms with Crippen molar-refractivity contribution in [2.75, 3.05) is 19.8 Å². The number of rotatable bonds is 9. The fraction of sp³-hybridized carbons (Fsp3) is 0.304. The monoisotopic (exact) mass is 395 g/mol. The Morgan fingerprint density at radius 2 is 1.59 bits per heavy atom. The first-order chi connectivity index (χ1) is 14.2. The van der Waals surface area contributed by atoms with E-state index in [1.807, 2.05) is 56.3 Å². The number of amides is 1. The van der Waals surface area contributed by atoms with Crippen molar-refractivity contribution in [1.82, 2.24) is 5.32 Å². The highest BCUT2D eigenvalue weighted by atomic mass is 16.7. The van der Waals surface area contributed by atoms with Crippen molar-refractivity contribution in [2.45, 2.75) is 26.6 Å². The van der Waals surface area contributed by atoms with E-state index >= 15 is 0 Å². The summed E-state index contributed by atoms with van der Waals surface area (Å²) in [4.78, 5) is 25.4. The molecule has 0 fully saturated rings. The lowest BCUT2D eigenvalue weighted by atomic mass is 9.98. The lowest BCUT2D eigenvalue weighted by Gasteiger charge is -2.17. The van der Waals surface area contributed by atoms with E-state index in [1.165, 1.54) is 0 Å². The van der Waals surface area contributed by atoms with Crippen LogP contribution in [-0.2, 0) is 9.47 Å². The van der Waals surface area contributed by atoms with Crippen LogP contribution in [0.3, 0.4) is 0 Å². The second kappa shape index (κ2) is 10.0.